The molecule has 1 aliphatic rings. The molecular weight excluding hydrogens is 312 g/mol. The molecular formula is C14H21ClN2O3S. The van der Waals surface area contributed by atoms with Gasteiger partial charge < -0.3 is 10.5 Å². The van der Waals surface area contributed by atoms with Gasteiger partial charge in [0.15, 0.2) is 0 Å². The lowest BCUT2D eigenvalue weighted by Crippen LogP contribution is -2.28. The first kappa shape index (κ1) is 16.5. The number of hydrogen-bond acceptors (Lipinski definition) is 4. The highest BCUT2D eigenvalue weighted by Crippen LogP contribution is 2.25. The monoisotopic (exact) mass is 332 g/mol. The summed E-state index contributed by atoms with van der Waals surface area (Å²) < 4.78 is 32.5. The number of benzene rings is 1. The fourth-order valence-electron chi connectivity index (χ4n) is 2.37. The smallest absolute Gasteiger partial charge is 0.240 e. The van der Waals surface area contributed by atoms with E-state index >= 15 is 0 Å². The van der Waals surface area contributed by atoms with Gasteiger partial charge in [0.25, 0.3) is 0 Å². The molecule has 0 atom stereocenters. The summed E-state index contributed by atoms with van der Waals surface area (Å²) in [4.78, 5) is 0.0801. The predicted molar refractivity (Wildman–Crippen MR) is 84.0 cm³/mol. The van der Waals surface area contributed by atoms with Crippen LogP contribution in [0.5, 0.6) is 0 Å². The highest BCUT2D eigenvalue weighted by Gasteiger charge is 2.18. The lowest BCUT2D eigenvalue weighted by Gasteiger charge is -2.12. The van der Waals surface area contributed by atoms with E-state index in [-0.39, 0.29) is 17.5 Å². The summed E-state index contributed by atoms with van der Waals surface area (Å²) in [6.07, 6.45) is 4.79. The van der Waals surface area contributed by atoms with Crippen molar-refractivity contribution in [3.8, 4) is 0 Å². The molecule has 7 heteroatoms. The van der Waals surface area contributed by atoms with Crippen LogP contribution in [0.25, 0.3) is 0 Å². The molecule has 21 heavy (non-hydrogen) atoms. The summed E-state index contributed by atoms with van der Waals surface area (Å²) in [7, 11) is -3.61. The van der Waals surface area contributed by atoms with Crippen molar-refractivity contribution < 1.29 is 13.2 Å². The number of nitrogens with two attached hydrogens (primary N) is 1. The summed E-state index contributed by atoms with van der Waals surface area (Å²) in [6, 6.07) is 2.83. The molecule has 0 amide bonds. The number of halogens is 1. The molecule has 0 aromatic heterocycles. The minimum Gasteiger partial charge on any atom is -0.398 e. The van der Waals surface area contributed by atoms with Gasteiger partial charge in [-0.15, -0.1) is 0 Å². The van der Waals surface area contributed by atoms with Gasteiger partial charge in [0.2, 0.25) is 10.0 Å². The van der Waals surface area contributed by atoms with Crippen molar-refractivity contribution in [2.45, 2.75) is 43.6 Å². The van der Waals surface area contributed by atoms with Crippen molar-refractivity contribution in [2.75, 3.05) is 18.9 Å². The van der Waals surface area contributed by atoms with E-state index in [9.17, 15) is 8.42 Å². The molecule has 2 rings (SSSR count). The van der Waals surface area contributed by atoms with Crippen molar-refractivity contribution in [3.05, 3.63) is 22.7 Å². The number of anilines is 1. The van der Waals surface area contributed by atoms with Gasteiger partial charge in [-0.05, 0) is 37.5 Å². The van der Waals surface area contributed by atoms with E-state index in [4.69, 9.17) is 22.1 Å². The Balaban J connectivity index is 1.92. The number of hydrogen-bond donors (Lipinski definition) is 2. The van der Waals surface area contributed by atoms with Crippen LogP contribution in [0.2, 0.25) is 5.02 Å². The average molecular weight is 333 g/mol. The molecule has 0 bridgehead atoms. The third-order valence-electron chi connectivity index (χ3n) is 3.72. The first-order valence-electron chi connectivity index (χ1n) is 7.07. The Morgan fingerprint density at radius 3 is 2.67 bits per heavy atom. The average Bonchev–Trinajstić information content (AvgIpc) is 2.93. The standard InChI is InChI=1S/C14H21ClN2O3S/c1-10-13(15)8-12(9-14(10)16)21(18,19)17-6-7-20-11-4-2-3-5-11/h8-9,11,17H,2-7,16H2,1H3. The molecule has 1 aromatic rings. The van der Waals surface area contributed by atoms with E-state index in [1.165, 1.54) is 25.0 Å². The molecule has 1 saturated carbocycles. The van der Waals surface area contributed by atoms with Crippen molar-refractivity contribution in [1.82, 2.24) is 4.72 Å². The molecule has 1 aliphatic carbocycles. The van der Waals surface area contributed by atoms with Crippen molar-refractivity contribution in [3.63, 3.8) is 0 Å². The third kappa shape index (κ3) is 4.32. The largest absolute Gasteiger partial charge is 0.398 e. The first-order valence-corrected chi connectivity index (χ1v) is 8.93. The molecule has 0 spiro atoms. The number of nitrogen functional groups attached to an aromatic ring is 1. The zero-order chi connectivity index (χ0) is 15.5. The summed E-state index contributed by atoms with van der Waals surface area (Å²) in [5.41, 5.74) is 6.80. The summed E-state index contributed by atoms with van der Waals surface area (Å²) in [5, 5.41) is 0.345. The predicted octanol–water partition coefficient (Wildman–Crippen LogP) is 2.47. The van der Waals surface area contributed by atoms with Gasteiger partial charge in [0, 0.05) is 17.3 Å². The maximum absolute atomic E-state index is 12.2. The molecule has 1 fully saturated rings. The second-order valence-corrected chi connectivity index (χ2v) is 7.47. The van der Waals surface area contributed by atoms with Gasteiger partial charge in [0.05, 0.1) is 17.6 Å². The zero-order valence-corrected chi connectivity index (χ0v) is 13.6. The Bertz CT molecular complexity index is 575. The van der Waals surface area contributed by atoms with Crippen LogP contribution in [0.15, 0.2) is 17.0 Å². The third-order valence-corrected chi connectivity index (χ3v) is 5.55. The second-order valence-electron chi connectivity index (χ2n) is 5.29. The summed E-state index contributed by atoms with van der Waals surface area (Å²) in [6.45, 7) is 2.36. The number of ether oxygens (including phenoxy) is 1. The van der Waals surface area contributed by atoms with Crippen LogP contribution < -0.4 is 10.5 Å². The fraction of sp³-hybridized carbons (Fsp3) is 0.571. The van der Waals surface area contributed by atoms with Crippen LogP contribution in [0.4, 0.5) is 5.69 Å². The summed E-state index contributed by atoms with van der Waals surface area (Å²) in [5.74, 6) is 0. The van der Waals surface area contributed by atoms with Gasteiger partial charge in [-0.3, -0.25) is 0 Å². The van der Waals surface area contributed by atoms with Gasteiger partial charge in [-0.25, -0.2) is 13.1 Å². The lowest BCUT2D eigenvalue weighted by molar-refractivity contribution is 0.0626. The SMILES string of the molecule is Cc1c(N)cc(S(=O)(=O)NCCOC2CCCC2)cc1Cl. The number of sulfonamides is 1. The topological polar surface area (TPSA) is 81.4 Å². The minimum atomic E-state index is -3.61. The molecule has 0 unspecified atom stereocenters. The highest BCUT2D eigenvalue weighted by atomic mass is 35.5. The Morgan fingerprint density at radius 2 is 2.05 bits per heavy atom. The van der Waals surface area contributed by atoms with E-state index < -0.39 is 10.0 Å². The van der Waals surface area contributed by atoms with E-state index in [0.717, 1.165) is 12.8 Å². The van der Waals surface area contributed by atoms with Crippen LogP contribution >= 0.6 is 11.6 Å². The highest BCUT2D eigenvalue weighted by molar-refractivity contribution is 7.89. The maximum Gasteiger partial charge on any atom is 0.240 e. The Labute approximate surface area is 130 Å². The molecule has 118 valence electrons. The van der Waals surface area contributed by atoms with Gasteiger partial charge >= 0.3 is 0 Å². The first-order chi connectivity index (χ1) is 9.90. The van der Waals surface area contributed by atoms with Gasteiger partial charge in [0.1, 0.15) is 0 Å². The van der Waals surface area contributed by atoms with E-state index in [1.807, 2.05) is 0 Å². The zero-order valence-electron chi connectivity index (χ0n) is 12.1. The quantitative estimate of drug-likeness (QED) is 0.619. The minimum absolute atomic E-state index is 0.0801. The molecule has 1 aromatic carbocycles. The number of rotatable bonds is 6. The molecule has 5 nitrogen and oxygen atoms in total. The van der Waals surface area contributed by atoms with Crippen molar-refractivity contribution in [2.24, 2.45) is 0 Å². The lowest BCUT2D eigenvalue weighted by atomic mass is 10.2. The molecule has 0 aliphatic heterocycles. The maximum atomic E-state index is 12.2. The Hall–Kier alpha value is -0.820. The van der Waals surface area contributed by atoms with E-state index in [1.54, 1.807) is 6.92 Å². The Kier molecular flexibility index (Phi) is 5.48. The van der Waals surface area contributed by atoms with Gasteiger partial charge in [-0.2, -0.15) is 0 Å². The molecule has 3 N–H and O–H groups in total. The van der Waals surface area contributed by atoms with Crippen LogP contribution in [-0.4, -0.2) is 27.7 Å². The molecule has 0 heterocycles. The normalized spacial score (nSPS) is 16.5. The van der Waals surface area contributed by atoms with Crippen LogP contribution in [0.3, 0.4) is 0 Å². The van der Waals surface area contributed by atoms with E-state index in [2.05, 4.69) is 4.72 Å². The van der Waals surface area contributed by atoms with Crippen LogP contribution in [0, 0.1) is 6.92 Å². The van der Waals surface area contributed by atoms with E-state index in [0.29, 0.717) is 22.9 Å². The van der Waals surface area contributed by atoms with Crippen LogP contribution in [-0.2, 0) is 14.8 Å². The Morgan fingerprint density at radius 1 is 1.38 bits per heavy atom. The van der Waals surface area contributed by atoms with Gasteiger partial charge in [-0.1, -0.05) is 24.4 Å². The molecule has 0 radical (unpaired) electrons. The summed E-state index contributed by atoms with van der Waals surface area (Å²) >= 11 is 5.98. The van der Waals surface area contributed by atoms with Crippen LogP contribution in [0.1, 0.15) is 31.2 Å². The fourth-order valence-corrected chi connectivity index (χ4v) is 3.73. The second kappa shape index (κ2) is 6.96. The van der Waals surface area contributed by atoms with Crippen molar-refractivity contribution >= 4 is 27.3 Å². The number of nitrogens with one attached hydrogen (secondary N) is 1. The molecule has 0 saturated heterocycles. The van der Waals surface area contributed by atoms with Crippen molar-refractivity contribution in [1.29, 1.82) is 0 Å².